The summed E-state index contributed by atoms with van der Waals surface area (Å²) >= 11 is 0. The number of fused-ring (bicyclic) bond motifs is 5. The number of carboxylic acid groups (broad SMARTS) is 1. The number of hydrogen-bond acceptors (Lipinski definition) is 5. The van der Waals surface area contributed by atoms with Crippen molar-refractivity contribution in [2.75, 3.05) is 0 Å². The number of carboxylic acids is 1. The summed E-state index contributed by atoms with van der Waals surface area (Å²) in [6.45, 7) is 0. The molecule has 5 rings (SSSR count). The quantitative estimate of drug-likeness (QED) is 0.452. The number of benzene rings is 3. The summed E-state index contributed by atoms with van der Waals surface area (Å²) in [4.78, 5) is 19.7. The van der Waals surface area contributed by atoms with Gasteiger partial charge in [0.1, 0.15) is 10.4 Å². The molecule has 0 amide bonds. The van der Waals surface area contributed by atoms with E-state index in [1.807, 2.05) is 6.07 Å². The second-order valence-corrected chi connectivity index (χ2v) is 7.61. The summed E-state index contributed by atoms with van der Waals surface area (Å²) in [6.07, 6.45) is 2.80. The normalized spacial score (nSPS) is 12.5. The molecule has 27 heavy (non-hydrogen) atoms. The second kappa shape index (κ2) is 5.09. The summed E-state index contributed by atoms with van der Waals surface area (Å²) in [5, 5.41) is 10.8. The van der Waals surface area contributed by atoms with Crippen LogP contribution in [0.3, 0.4) is 0 Å². The lowest BCUT2D eigenvalue weighted by molar-refractivity contribution is 0.0699. The van der Waals surface area contributed by atoms with Crippen LogP contribution in [-0.2, 0) is 10.1 Å². The Hall–Kier alpha value is -3.36. The van der Waals surface area contributed by atoms with Crippen molar-refractivity contribution in [2.24, 2.45) is 0 Å². The van der Waals surface area contributed by atoms with Crippen LogP contribution in [0.1, 0.15) is 10.4 Å². The fraction of sp³-hybridized carbons (Fsp3) is 0. The largest absolute Gasteiger partial charge is 0.478 e. The third-order valence-electron chi connectivity index (χ3n) is 4.82. The first-order chi connectivity index (χ1) is 12.9. The lowest BCUT2D eigenvalue weighted by Gasteiger charge is -2.09. The first-order valence-corrected chi connectivity index (χ1v) is 9.37. The smallest absolute Gasteiger partial charge is 0.336 e. The van der Waals surface area contributed by atoms with Gasteiger partial charge in [-0.15, -0.1) is 0 Å². The van der Waals surface area contributed by atoms with Gasteiger partial charge in [-0.05, 0) is 39.6 Å². The summed E-state index contributed by atoms with van der Waals surface area (Å²) in [5.74, 6) is -1.04. The Morgan fingerprint density at radius 2 is 1.67 bits per heavy atom. The highest BCUT2D eigenvalue weighted by Gasteiger charge is 2.30. The van der Waals surface area contributed by atoms with E-state index in [1.165, 1.54) is 24.5 Å². The summed E-state index contributed by atoms with van der Waals surface area (Å²) < 4.78 is 33.5. The molecule has 0 fully saturated rings. The van der Waals surface area contributed by atoms with Crippen LogP contribution in [0.4, 0.5) is 0 Å². The fourth-order valence-electron chi connectivity index (χ4n) is 3.81. The molecule has 0 aliphatic heterocycles. The zero-order valence-corrected chi connectivity index (χ0v) is 14.4. The van der Waals surface area contributed by atoms with Gasteiger partial charge >= 0.3 is 5.97 Å². The van der Waals surface area contributed by atoms with Crippen molar-refractivity contribution in [3.05, 3.63) is 54.4 Å². The monoisotopic (exact) mass is 378 g/mol. The molecule has 2 N–H and O–H groups in total. The van der Waals surface area contributed by atoms with E-state index in [0.29, 0.717) is 33.0 Å². The first kappa shape index (κ1) is 15.9. The van der Waals surface area contributed by atoms with Crippen LogP contribution in [0.25, 0.3) is 44.1 Å². The number of aromatic carboxylic acids is 1. The van der Waals surface area contributed by atoms with Crippen LogP contribution in [-0.4, -0.2) is 34.0 Å². The van der Waals surface area contributed by atoms with Crippen LogP contribution in [0.15, 0.2) is 53.7 Å². The molecule has 1 heterocycles. The minimum atomic E-state index is -4.53. The Morgan fingerprint density at radius 1 is 0.926 bits per heavy atom. The highest BCUT2D eigenvalue weighted by molar-refractivity contribution is 7.86. The molecule has 132 valence electrons. The molecule has 4 aromatic rings. The molecule has 0 radical (unpaired) electrons. The third kappa shape index (κ3) is 2.05. The second-order valence-electron chi connectivity index (χ2n) is 6.22. The lowest BCUT2D eigenvalue weighted by Crippen LogP contribution is -2.02. The number of hydrogen-bond donors (Lipinski definition) is 2. The zero-order chi connectivity index (χ0) is 18.9. The molecular weight excluding hydrogens is 368 g/mol. The minimum absolute atomic E-state index is 0.0713. The van der Waals surface area contributed by atoms with Crippen molar-refractivity contribution >= 4 is 37.9 Å². The van der Waals surface area contributed by atoms with Gasteiger partial charge in [-0.3, -0.25) is 14.5 Å². The van der Waals surface area contributed by atoms with Crippen molar-refractivity contribution in [2.45, 2.75) is 4.90 Å². The van der Waals surface area contributed by atoms with Crippen LogP contribution in [0, 0.1) is 0 Å². The Morgan fingerprint density at radius 3 is 2.37 bits per heavy atom. The van der Waals surface area contributed by atoms with E-state index in [4.69, 9.17) is 0 Å². The van der Waals surface area contributed by atoms with Crippen molar-refractivity contribution in [3.8, 4) is 22.3 Å². The topological polar surface area (TPSA) is 117 Å². The van der Waals surface area contributed by atoms with Crippen LogP contribution < -0.4 is 0 Å². The van der Waals surface area contributed by atoms with E-state index in [9.17, 15) is 22.9 Å². The van der Waals surface area contributed by atoms with E-state index in [-0.39, 0.29) is 16.0 Å². The highest BCUT2D eigenvalue weighted by Crippen LogP contribution is 2.51. The van der Waals surface area contributed by atoms with Crippen LogP contribution in [0.2, 0.25) is 0 Å². The van der Waals surface area contributed by atoms with Crippen LogP contribution >= 0.6 is 0 Å². The molecule has 0 saturated heterocycles. The first-order valence-electron chi connectivity index (χ1n) is 7.93. The van der Waals surface area contributed by atoms with Crippen molar-refractivity contribution < 1.29 is 22.9 Å². The average Bonchev–Trinajstić information content (AvgIpc) is 2.96. The standard InChI is InChI=1S/C19H10N2O5S/c22-19(23)11-5-4-10-13-8-14(27(24,25)26)17-18(21-7-6-20-17)16(13)12-3-1-2-9(11)15(10)12/h1-8H,(H,22,23)(H,24,25,26). The van der Waals surface area contributed by atoms with E-state index >= 15 is 0 Å². The van der Waals surface area contributed by atoms with Crippen LogP contribution in [0.5, 0.6) is 0 Å². The molecule has 0 saturated carbocycles. The van der Waals surface area contributed by atoms with Crippen molar-refractivity contribution in [1.29, 1.82) is 0 Å². The lowest BCUT2D eigenvalue weighted by atomic mass is 9.98. The van der Waals surface area contributed by atoms with Crippen molar-refractivity contribution in [3.63, 3.8) is 0 Å². The Bertz CT molecular complexity index is 1430. The number of aromatic nitrogens is 2. The molecule has 0 unspecified atom stereocenters. The molecule has 0 atom stereocenters. The van der Waals surface area contributed by atoms with E-state index in [1.54, 1.807) is 18.2 Å². The van der Waals surface area contributed by atoms with Gasteiger partial charge in [0.2, 0.25) is 0 Å². The SMILES string of the molecule is O=C(O)c1ccc2c3c(cccc13)-c1c-2cc(S(=O)(=O)O)c2nccnc12. The van der Waals surface area contributed by atoms with Gasteiger partial charge in [-0.1, -0.05) is 24.3 Å². The maximum Gasteiger partial charge on any atom is 0.336 e. The number of rotatable bonds is 2. The molecule has 1 aliphatic rings. The van der Waals surface area contributed by atoms with E-state index in [2.05, 4.69) is 9.97 Å². The predicted octanol–water partition coefficient (Wildman–Crippen LogP) is 3.38. The average molecular weight is 378 g/mol. The van der Waals surface area contributed by atoms with Gasteiger partial charge < -0.3 is 5.11 Å². The Labute approximate surface area is 152 Å². The van der Waals surface area contributed by atoms with Gasteiger partial charge in [0.15, 0.2) is 0 Å². The molecule has 1 aliphatic carbocycles. The molecule has 8 heteroatoms. The molecule has 1 aromatic heterocycles. The van der Waals surface area contributed by atoms with Gasteiger partial charge in [0.05, 0.1) is 11.1 Å². The Kier molecular flexibility index (Phi) is 2.99. The molecule has 0 spiro atoms. The summed E-state index contributed by atoms with van der Waals surface area (Å²) in [7, 11) is -4.53. The molecular formula is C19H10N2O5S. The maximum absolute atomic E-state index is 11.9. The van der Waals surface area contributed by atoms with Crippen molar-refractivity contribution in [1.82, 2.24) is 9.97 Å². The fourth-order valence-corrected chi connectivity index (χ4v) is 4.47. The molecule has 7 nitrogen and oxygen atoms in total. The number of nitrogens with zero attached hydrogens (tertiary/aromatic N) is 2. The van der Waals surface area contributed by atoms with E-state index in [0.717, 1.165) is 5.56 Å². The third-order valence-corrected chi connectivity index (χ3v) is 5.69. The van der Waals surface area contributed by atoms with Gasteiger partial charge in [-0.25, -0.2) is 4.79 Å². The minimum Gasteiger partial charge on any atom is -0.478 e. The zero-order valence-electron chi connectivity index (χ0n) is 13.5. The summed E-state index contributed by atoms with van der Waals surface area (Å²) in [6, 6.07) is 9.82. The number of carbonyl (C=O) groups is 1. The summed E-state index contributed by atoms with van der Waals surface area (Å²) in [5.41, 5.74) is 3.26. The maximum atomic E-state index is 11.9. The molecule has 3 aromatic carbocycles. The van der Waals surface area contributed by atoms with E-state index < -0.39 is 16.1 Å². The van der Waals surface area contributed by atoms with Gasteiger partial charge in [0.25, 0.3) is 10.1 Å². The Balaban J connectivity index is 2.03. The molecule has 0 bridgehead atoms. The van der Waals surface area contributed by atoms with Gasteiger partial charge in [-0.2, -0.15) is 8.42 Å². The predicted molar refractivity (Wildman–Crippen MR) is 98.2 cm³/mol. The highest BCUT2D eigenvalue weighted by atomic mass is 32.2. The van der Waals surface area contributed by atoms with Gasteiger partial charge in [0, 0.05) is 18.0 Å².